The predicted octanol–water partition coefficient (Wildman–Crippen LogP) is 0.348. The molecule has 0 fully saturated rings. The summed E-state index contributed by atoms with van der Waals surface area (Å²) in [4.78, 5) is 11.1. The third-order valence-electron chi connectivity index (χ3n) is 1.90. The van der Waals surface area contributed by atoms with E-state index < -0.39 is 0 Å². The van der Waals surface area contributed by atoms with Crippen LogP contribution < -0.4 is 16.6 Å². The summed E-state index contributed by atoms with van der Waals surface area (Å²) in [5.74, 6) is 4.79. The van der Waals surface area contributed by atoms with Crippen molar-refractivity contribution in [2.75, 3.05) is 25.5 Å². The van der Waals surface area contributed by atoms with Gasteiger partial charge in [-0.25, -0.2) is 4.79 Å². The first-order valence-corrected chi connectivity index (χ1v) is 4.63. The fourth-order valence-corrected chi connectivity index (χ4v) is 1.12. The van der Waals surface area contributed by atoms with Gasteiger partial charge >= 0.3 is 5.97 Å². The van der Waals surface area contributed by atoms with Gasteiger partial charge in [0.2, 0.25) is 0 Å². The van der Waals surface area contributed by atoms with Crippen molar-refractivity contribution >= 4 is 11.7 Å². The number of hydrazine groups is 1. The predicted molar refractivity (Wildman–Crippen MR) is 58.5 cm³/mol. The molecule has 0 atom stereocenters. The maximum absolute atomic E-state index is 11.1. The molecule has 1 rings (SSSR count). The molecular weight excluding hydrogens is 194 g/mol. The van der Waals surface area contributed by atoms with Crippen molar-refractivity contribution in [1.29, 1.82) is 0 Å². The smallest absolute Gasteiger partial charge is 0.337 e. The lowest BCUT2D eigenvalue weighted by atomic mass is 10.2. The average Bonchev–Trinajstić information content (AvgIpc) is 2.29. The number of benzene rings is 1. The lowest BCUT2D eigenvalue weighted by Gasteiger charge is -2.06. The summed E-state index contributed by atoms with van der Waals surface area (Å²) in [6, 6.07) is 7.07. The van der Waals surface area contributed by atoms with E-state index in [0.29, 0.717) is 12.1 Å². The summed E-state index contributed by atoms with van der Waals surface area (Å²) in [6.07, 6.45) is 0. The highest BCUT2D eigenvalue weighted by Gasteiger charge is 2.03. The first-order valence-electron chi connectivity index (χ1n) is 4.63. The van der Waals surface area contributed by atoms with Gasteiger partial charge in [0.15, 0.2) is 0 Å². The Bertz CT molecular complexity index is 311. The van der Waals surface area contributed by atoms with E-state index in [0.717, 1.165) is 12.2 Å². The topological polar surface area (TPSA) is 76.4 Å². The van der Waals surface area contributed by atoms with Crippen LogP contribution in [0.1, 0.15) is 10.4 Å². The van der Waals surface area contributed by atoms with Crippen LogP contribution in [0.5, 0.6) is 0 Å². The standard InChI is InChI=1S/C10H15N3O2/c1-15-10(14)8-2-4-9(5-3-8)12-6-7-13-11/h2-5,12-13H,6-7,11H2,1H3. The van der Waals surface area contributed by atoms with Crippen LogP contribution in [-0.4, -0.2) is 26.2 Å². The molecule has 4 N–H and O–H groups in total. The SMILES string of the molecule is COC(=O)c1ccc(NCCNN)cc1. The minimum atomic E-state index is -0.329. The Hall–Kier alpha value is -1.59. The molecule has 0 aliphatic carbocycles. The second kappa shape index (κ2) is 6.00. The number of carbonyl (C=O) groups excluding carboxylic acids is 1. The van der Waals surface area contributed by atoms with Crippen LogP contribution in [0.15, 0.2) is 24.3 Å². The molecule has 0 bridgehead atoms. The molecule has 1 aromatic carbocycles. The van der Waals surface area contributed by atoms with Crippen molar-refractivity contribution in [1.82, 2.24) is 5.43 Å². The van der Waals surface area contributed by atoms with E-state index in [4.69, 9.17) is 5.84 Å². The number of anilines is 1. The normalized spacial score (nSPS) is 9.73. The van der Waals surface area contributed by atoms with Crippen LogP contribution in [0.25, 0.3) is 0 Å². The summed E-state index contributed by atoms with van der Waals surface area (Å²) in [5.41, 5.74) is 4.02. The summed E-state index contributed by atoms with van der Waals surface area (Å²) >= 11 is 0. The van der Waals surface area contributed by atoms with Crippen molar-refractivity contribution in [3.05, 3.63) is 29.8 Å². The van der Waals surface area contributed by atoms with E-state index in [9.17, 15) is 4.79 Å². The molecule has 5 heteroatoms. The number of rotatable bonds is 5. The summed E-state index contributed by atoms with van der Waals surface area (Å²) < 4.78 is 4.59. The van der Waals surface area contributed by atoms with E-state index in [2.05, 4.69) is 15.5 Å². The highest BCUT2D eigenvalue weighted by molar-refractivity contribution is 5.89. The van der Waals surface area contributed by atoms with Gasteiger partial charge in [-0.05, 0) is 24.3 Å². The molecule has 0 unspecified atom stereocenters. The fraction of sp³-hybridized carbons (Fsp3) is 0.300. The van der Waals surface area contributed by atoms with Crippen LogP contribution in [0.2, 0.25) is 0 Å². The van der Waals surface area contributed by atoms with Gasteiger partial charge in [-0.2, -0.15) is 0 Å². The van der Waals surface area contributed by atoms with Gasteiger partial charge in [0.1, 0.15) is 0 Å². The second-order valence-electron chi connectivity index (χ2n) is 2.95. The van der Waals surface area contributed by atoms with Gasteiger partial charge in [0.05, 0.1) is 12.7 Å². The molecule has 0 saturated carbocycles. The van der Waals surface area contributed by atoms with Crippen molar-refractivity contribution in [2.45, 2.75) is 0 Å². The molecular formula is C10H15N3O2. The quantitative estimate of drug-likeness (QED) is 0.282. The van der Waals surface area contributed by atoms with E-state index in [1.54, 1.807) is 12.1 Å². The zero-order valence-corrected chi connectivity index (χ0v) is 8.62. The number of nitrogens with one attached hydrogen (secondary N) is 2. The van der Waals surface area contributed by atoms with E-state index >= 15 is 0 Å². The average molecular weight is 209 g/mol. The van der Waals surface area contributed by atoms with Gasteiger partial charge in [0.25, 0.3) is 0 Å². The number of hydrogen-bond donors (Lipinski definition) is 3. The Morgan fingerprint density at radius 3 is 2.53 bits per heavy atom. The molecule has 1 aromatic rings. The number of carbonyl (C=O) groups is 1. The lowest BCUT2D eigenvalue weighted by Crippen LogP contribution is -2.28. The molecule has 0 aliphatic heterocycles. The minimum Gasteiger partial charge on any atom is -0.465 e. The number of hydrogen-bond acceptors (Lipinski definition) is 5. The van der Waals surface area contributed by atoms with E-state index in [1.807, 2.05) is 12.1 Å². The van der Waals surface area contributed by atoms with Crippen molar-refractivity contribution in [3.8, 4) is 0 Å². The number of methoxy groups -OCH3 is 1. The number of nitrogens with two attached hydrogens (primary N) is 1. The molecule has 0 spiro atoms. The molecule has 5 nitrogen and oxygen atoms in total. The first-order chi connectivity index (χ1) is 7.27. The molecule has 0 saturated heterocycles. The van der Waals surface area contributed by atoms with Crippen molar-refractivity contribution in [2.24, 2.45) is 5.84 Å². The van der Waals surface area contributed by atoms with Gasteiger partial charge in [-0.3, -0.25) is 11.3 Å². The third-order valence-corrected chi connectivity index (χ3v) is 1.90. The summed E-state index contributed by atoms with van der Waals surface area (Å²) in [7, 11) is 1.36. The Labute approximate surface area is 88.6 Å². The molecule has 0 aromatic heterocycles. The highest BCUT2D eigenvalue weighted by Crippen LogP contribution is 2.09. The van der Waals surface area contributed by atoms with Crippen LogP contribution >= 0.6 is 0 Å². The van der Waals surface area contributed by atoms with Gasteiger partial charge in [0, 0.05) is 18.8 Å². The van der Waals surface area contributed by atoms with Gasteiger partial charge in [-0.15, -0.1) is 0 Å². The van der Waals surface area contributed by atoms with E-state index in [1.165, 1.54) is 7.11 Å². The number of ether oxygens (including phenoxy) is 1. The first kappa shape index (κ1) is 11.5. The zero-order chi connectivity index (χ0) is 11.1. The minimum absolute atomic E-state index is 0.329. The molecule has 82 valence electrons. The second-order valence-corrected chi connectivity index (χ2v) is 2.95. The monoisotopic (exact) mass is 209 g/mol. The largest absolute Gasteiger partial charge is 0.465 e. The molecule has 0 radical (unpaired) electrons. The summed E-state index contributed by atoms with van der Waals surface area (Å²) in [6.45, 7) is 1.41. The van der Waals surface area contributed by atoms with Crippen molar-refractivity contribution < 1.29 is 9.53 Å². The third kappa shape index (κ3) is 3.57. The van der Waals surface area contributed by atoms with Crippen molar-refractivity contribution in [3.63, 3.8) is 0 Å². The van der Waals surface area contributed by atoms with Gasteiger partial charge in [-0.1, -0.05) is 0 Å². The Morgan fingerprint density at radius 2 is 2.00 bits per heavy atom. The van der Waals surface area contributed by atoms with E-state index in [-0.39, 0.29) is 5.97 Å². The molecule has 0 aliphatic rings. The number of esters is 1. The maximum Gasteiger partial charge on any atom is 0.337 e. The Balaban J connectivity index is 2.52. The Kier molecular flexibility index (Phi) is 4.59. The van der Waals surface area contributed by atoms with Crippen LogP contribution in [0, 0.1) is 0 Å². The van der Waals surface area contributed by atoms with Crippen LogP contribution in [0.3, 0.4) is 0 Å². The zero-order valence-electron chi connectivity index (χ0n) is 8.62. The Morgan fingerprint density at radius 1 is 1.33 bits per heavy atom. The molecule has 0 heterocycles. The fourth-order valence-electron chi connectivity index (χ4n) is 1.12. The summed E-state index contributed by atoms with van der Waals surface area (Å²) in [5, 5.41) is 3.14. The molecule has 15 heavy (non-hydrogen) atoms. The van der Waals surface area contributed by atoms with Crippen LogP contribution in [0.4, 0.5) is 5.69 Å². The molecule has 0 amide bonds. The lowest BCUT2D eigenvalue weighted by molar-refractivity contribution is 0.0601. The highest BCUT2D eigenvalue weighted by atomic mass is 16.5. The van der Waals surface area contributed by atoms with Crippen LogP contribution in [-0.2, 0) is 4.74 Å². The maximum atomic E-state index is 11.1. The van der Waals surface area contributed by atoms with Gasteiger partial charge < -0.3 is 10.1 Å².